The maximum Gasteiger partial charge on any atom is 0.263 e. The molecule has 1 heterocycles. The van der Waals surface area contributed by atoms with Crippen LogP contribution in [-0.4, -0.2) is 20.5 Å². The number of nitrogens with one attached hydrogen (secondary N) is 1. The zero-order valence-electron chi connectivity index (χ0n) is 14.6. The van der Waals surface area contributed by atoms with Gasteiger partial charge in [0.05, 0.1) is 0 Å². The van der Waals surface area contributed by atoms with Gasteiger partial charge in [0.25, 0.3) is 8.32 Å². The fraction of sp³-hybridized carbons (Fsp3) is 0.350. The Balaban J connectivity index is 2.15. The topological polar surface area (TPSA) is 38.3 Å². The van der Waals surface area contributed by atoms with E-state index in [9.17, 15) is 4.79 Å². The maximum absolute atomic E-state index is 11.7. The fourth-order valence-electron chi connectivity index (χ4n) is 3.58. The SMILES string of the molecule is CC(C)(C)[Si](OC1CCC(=O)N1)(c1ccccc1)c1ccccc1. The number of rotatable bonds is 4. The van der Waals surface area contributed by atoms with Crippen molar-refractivity contribution in [2.24, 2.45) is 0 Å². The van der Waals surface area contributed by atoms with E-state index >= 15 is 0 Å². The van der Waals surface area contributed by atoms with Crippen LogP contribution in [0.2, 0.25) is 5.04 Å². The van der Waals surface area contributed by atoms with Crippen LogP contribution in [0.1, 0.15) is 33.6 Å². The van der Waals surface area contributed by atoms with Gasteiger partial charge in [0.2, 0.25) is 5.91 Å². The minimum Gasteiger partial charge on any atom is -0.388 e. The molecule has 24 heavy (non-hydrogen) atoms. The van der Waals surface area contributed by atoms with Crippen molar-refractivity contribution in [3.63, 3.8) is 0 Å². The molecule has 4 heteroatoms. The standard InChI is InChI=1S/C20H25NO2Si/c1-20(2,3)24(16-10-6-4-7-11-16,17-12-8-5-9-13-17)23-19-15-14-18(22)21-19/h4-13,19H,14-15H2,1-3H3,(H,21,22). The second-order valence-corrected chi connectivity index (χ2v) is 11.6. The first-order valence-electron chi connectivity index (χ1n) is 8.52. The van der Waals surface area contributed by atoms with Crippen LogP contribution in [0.5, 0.6) is 0 Å². The number of carbonyl (C=O) groups is 1. The van der Waals surface area contributed by atoms with Gasteiger partial charge in [-0.25, -0.2) is 0 Å². The van der Waals surface area contributed by atoms with E-state index in [1.54, 1.807) is 0 Å². The summed E-state index contributed by atoms with van der Waals surface area (Å²) >= 11 is 0. The van der Waals surface area contributed by atoms with Crippen molar-refractivity contribution in [2.45, 2.75) is 44.9 Å². The third kappa shape index (κ3) is 3.04. The highest BCUT2D eigenvalue weighted by molar-refractivity contribution is 6.99. The number of carbonyl (C=O) groups excluding carboxylic acids is 1. The van der Waals surface area contributed by atoms with Gasteiger partial charge in [-0.05, 0) is 21.8 Å². The molecule has 0 aromatic heterocycles. The lowest BCUT2D eigenvalue weighted by atomic mass is 10.2. The van der Waals surface area contributed by atoms with Crippen molar-refractivity contribution in [1.82, 2.24) is 5.32 Å². The van der Waals surface area contributed by atoms with Crippen LogP contribution in [-0.2, 0) is 9.22 Å². The van der Waals surface area contributed by atoms with Gasteiger partial charge in [0, 0.05) is 6.42 Å². The number of benzene rings is 2. The van der Waals surface area contributed by atoms with Gasteiger partial charge in [-0.15, -0.1) is 0 Å². The summed E-state index contributed by atoms with van der Waals surface area (Å²) in [6.45, 7) is 6.74. The first-order valence-corrected chi connectivity index (χ1v) is 10.4. The molecule has 1 N–H and O–H groups in total. The molecule has 0 saturated carbocycles. The van der Waals surface area contributed by atoms with Crippen LogP contribution >= 0.6 is 0 Å². The maximum atomic E-state index is 11.7. The van der Waals surface area contributed by atoms with Crippen molar-refractivity contribution < 1.29 is 9.22 Å². The Morgan fingerprint density at radius 2 is 1.46 bits per heavy atom. The number of hydrogen-bond acceptors (Lipinski definition) is 2. The zero-order valence-corrected chi connectivity index (χ0v) is 15.6. The van der Waals surface area contributed by atoms with Crippen LogP contribution in [0.15, 0.2) is 60.7 Å². The summed E-state index contributed by atoms with van der Waals surface area (Å²) in [7, 11) is -2.56. The summed E-state index contributed by atoms with van der Waals surface area (Å²) in [6.07, 6.45) is 1.08. The predicted molar refractivity (Wildman–Crippen MR) is 99.9 cm³/mol. The molecule has 0 aliphatic carbocycles. The molecular weight excluding hydrogens is 314 g/mol. The normalized spacial score (nSPS) is 18.5. The van der Waals surface area contributed by atoms with Gasteiger partial charge in [-0.2, -0.15) is 0 Å². The van der Waals surface area contributed by atoms with Crippen LogP contribution in [0, 0.1) is 0 Å². The first kappa shape index (κ1) is 16.9. The van der Waals surface area contributed by atoms with Gasteiger partial charge >= 0.3 is 0 Å². The van der Waals surface area contributed by atoms with Crippen LogP contribution in [0.4, 0.5) is 0 Å². The van der Waals surface area contributed by atoms with Gasteiger partial charge in [0.1, 0.15) is 6.23 Å². The molecule has 3 rings (SSSR count). The van der Waals surface area contributed by atoms with Crippen LogP contribution < -0.4 is 15.7 Å². The molecule has 2 aromatic rings. The van der Waals surface area contributed by atoms with E-state index in [2.05, 4.69) is 74.6 Å². The highest BCUT2D eigenvalue weighted by atomic mass is 28.4. The first-order chi connectivity index (χ1) is 11.4. The molecule has 126 valence electrons. The van der Waals surface area contributed by atoms with E-state index in [0.717, 1.165) is 6.42 Å². The lowest BCUT2D eigenvalue weighted by molar-refractivity contribution is -0.120. The Labute approximate surface area is 145 Å². The Hall–Kier alpha value is -1.91. The summed E-state index contributed by atoms with van der Waals surface area (Å²) in [5.74, 6) is 0.0814. The summed E-state index contributed by atoms with van der Waals surface area (Å²) in [5.41, 5.74) is 0. The number of amides is 1. The number of hydrogen-bond donors (Lipinski definition) is 1. The molecule has 0 spiro atoms. The van der Waals surface area contributed by atoms with Crippen molar-refractivity contribution in [3.8, 4) is 0 Å². The van der Waals surface area contributed by atoms with E-state index in [1.807, 2.05) is 12.1 Å². The largest absolute Gasteiger partial charge is 0.388 e. The summed E-state index contributed by atoms with van der Waals surface area (Å²) in [6, 6.07) is 21.0. The van der Waals surface area contributed by atoms with E-state index in [4.69, 9.17) is 4.43 Å². The quantitative estimate of drug-likeness (QED) is 0.870. The molecule has 3 nitrogen and oxygen atoms in total. The third-order valence-electron chi connectivity index (χ3n) is 4.69. The van der Waals surface area contributed by atoms with Crippen molar-refractivity contribution in [1.29, 1.82) is 0 Å². The molecule has 2 aromatic carbocycles. The minimum atomic E-state index is -2.56. The van der Waals surface area contributed by atoms with E-state index in [1.165, 1.54) is 10.4 Å². The Morgan fingerprint density at radius 1 is 0.958 bits per heavy atom. The average molecular weight is 340 g/mol. The van der Waals surface area contributed by atoms with Crippen molar-refractivity contribution >= 4 is 24.6 Å². The third-order valence-corrected chi connectivity index (χ3v) is 9.73. The second-order valence-electron chi connectivity index (χ2n) is 7.38. The van der Waals surface area contributed by atoms with Gasteiger partial charge in [0.15, 0.2) is 0 Å². The van der Waals surface area contributed by atoms with E-state index in [0.29, 0.717) is 6.42 Å². The smallest absolute Gasteiger partial charge is 0.263 e. The fourth-order valence-corrected chi connectivity index (χ4v) is 8.20. The van der Waals surface area contributed by atoms with Gasteiger partial charge in [-0.1, -0.05) is 81.4 Å². The molecule has 1 fully saturated rings. The molecule has 1 unspecified atom stereocenters. The predicted octanol–water partition coefficient (Wildman–Crippen LogP) is 2.80. The lowest BCUT2D eigenvalue weighted by Crippen LogP contribution is -2.68. The van der Waals surface area contributed by atoms with Crippen LogP contribution in [0.25, 0.3) is 0 Å². The molecular formula is C20H25NO2Si. The highest BCUT2D eigenvalue weighted by Gasteiger charge is 2.52. The Kier molecular flexibility index (Phi) is 4.61. The molecule has 1 aliphatic rings. The van der Waals surface area contributed by atoms with Crippen molar-refractivity contribution in [2.75, 3.05) is 0 Å². The summed E-state index contributed by atoms with van der Waals surface area (Å²) in [5, 5.41) is 5.41. The van der Waals surface area contributed by atoms with Crippen LogP contribution in [0.3, 0.4) is 0 Å². The Morgan fingerprint density at radius 3 is 1.83 bits per heavy atom. The molecule has 0 radical (unpaired) electrons. The monoisotopic (exact) mass is 339 g/mol. The zero-order chi connectivity index (χ0) is 17.2. The van der Waals surface area contributed by atoms with Crippen molar-refractivity contribution in [3.05, 3.63) is 60.7 Å². The van der Waals surface area contributed by atoms with E-state index < -0.39 is 8.32 Å². The average Bonchev–Trinajstić information content (AvgIpc) is 2.98. The lowest BCUT2D eigenvalue weighted by Gasteiger charge is -2.44. The molecule has 1 atom stereocenters. The van der Waals surface area contributed by atoms with E-state index in [-0.39, 0.29) is 17.2 Å². The summed E-state index contributed by atoms with van der Waals surface area (Å²) in [4.78, 5) is 11.7. The minimum absolute atomic E-state index is 0.0664. The highest BCUT2D eigenvalue weighted by Crippen LogP contribution is 2.38. The molecule has 0 bridgehead atoms. The molecule has 1 amide bonds. The molecule has 1 aliphatic heterocycles. The molecule has 1 saturated heterocycles. The second kappa shape index (κ2) is 6.53. The van der Waals surface area contributed by atoms with Gasteiger partial charge < -0.3 is 9.74 Å². The van der Waals surface area contributed by atoms with Gasteiger partial charge in [-0.3, -0.25) is 4.79 Å². The Bertz CT molecular complexity index is 655. The summed E-state index contributed by atoms with van der Waals surface area (Å²) < 4.78 is 6.81.